The summed E-state index contributed by atoms with van der Waals surface area (Å²) < 4.78 is 12.2. The molecule has 1 aliphatic heterocycles. The van der Waals surface area contributed by atoms with Crippen molar-refractivity contribution in [3.8, 4) is 23.8 Å². The molecule has 1 heterocycles. The summed E-state index contributed by atoms with van der Waals surface area (Å²) in [6.45, 7) is 0.687. The molecule has 0 radical (unpaired) electrons. The van der Waals surface area contributed by atoms with E-state index in [9.17, 15) is 4.79 Å². The van der Waals surface area contributed by atoms with E-state index in [4.69, 9.17) is 28.1 Å². The molecule has 148 valence electrons. The maximum absolute atomic E-state index is 12.8. The van der Waals surface area contributed by atoms with Crippen molar-refractivity contribution in [2.75, 3.05) is 20.3 Å². The molecule has 3 rings (SSSR count). The lowest BCUT2D eigenvalue weighted by atomic mass is 10.1. The first-order valence-electron chi connectivity index (χ1n) is 8.76. The zero-order valence-electron chi connectivity index (χ0n) is 15.7. The average Bonchev–Trinajstić information content (AvgIpc) is 2.98. The fraction of sp³-hybridized carbons (Fsp3) is 0.182. The number of halogens is 1. The quantitative estimate of drug-likeness (QED) is 0.315. The number of thioether (sulfide) groups is 1. The Hall–Kier alpha value is -2.27. The summed E-state index contributed by atoms with van der Waals surface area (Å²) in [6, 6.07) is 13.7. The molecule has 7 heteroatoms. The third kappa shape index (κ3) is 5.21. The third-order valence-electron chi connectivity index (χ3n) is 4.19. The molecule has 0 N–H and O–H groups in total. The minimum absolute atomic E-state index is 0.0846. The lowest BCUT2D eigenvalue weighted by molar-refractivity contribution is -0.122. The summed E-state index contributed by atoms with van der Waals surface area (Å²) >= 11 is 10.2. The lowest BCUT2D eigenvalue weighted by Gasteiger charge is -2.14. The van der Waals surface area contributed by atoms with Crippen LogP contribution in [0, 0.1) is 12.3 Å². The van der Waals surface area contributed by atoms with Gasteiger partial charge in [0.25, 0.3) is 5.91 Å². The zero-order valence-corrected chi connectivity index (χ0v) is 18.9. The number of rotatable bonds is 7. The molecule has 0 aromatic heterocycles. The number of terminal acetylenes is 1. The van der Waals surface area contributed by atoms with Crippen LogP contribution in [0.4, 0.5) is 0 Å². The minimum Gasteiger partial charge on any atom is -0.493 e. The van der Waals surface area contributed by atoms with E-state index in [1.807, 2.05) is 36.4 Å². The average molecular weight is 488 g/mol. The highest BCUT2D eigenvalue weighted by atomic mass is 79.9. The first kappa shape index (κ1) is 21.4. The maximum Gasteiger partial charge on any atom is 0.266 e. The minimum atomic E-state index is -0.0846. The summed E-state index contributed by atoms with van der Waals surface area (Å²) in [5.41, 5.74) is 1.96. The van der Waals surface area contributed by atoms with Gasteiger partial charge < -0.3 is 9.47 Å². The Labute approximate surface area is 188 Å². The van der Waals surface area contributed by atoms with Crippen molar-refractivity contribution in [3.63, 3.8) is 0 Å². The number of nitrogens with zero attached hydrogens (tertiary/aromatic N) is 1. The van der Waals surface area contributed by atoms with Crippen LogP contribution in [0.5, 0.6) is 11.5 Å². The second kappa shape index (κ2) is 9.97. The van der Waals surface area contributed by atoms with Crippen molar-refractivity contribution in [3.05, 3.63) is 63.0 Å². The molecule has 2 aromatic carbocycles. The highest BCUT2D eigenvalue weighted by Crippen LogP contribution is 2.39. The summed E-state index contributed by atoms with van der Waals surface area (Å²) in [4.78, 5) is 15.1. The number of ether oxygens (including phenoxy) is 2. The Morgan fingerprint density at radius 1 is 1.31 bits per heavy atom. The van der Waals surface area contributed by atoms with Crippen LogP contribution in [-0.2, 0) is 11.2 Å². The smallest absolute Gasteiger partial charge is 0.266 e. The zero-order chi connectivity index (χ0) is 20.8. The predicted molar refractivity (Wildman–Crippen MR) is 125 cm³/mol. The van der Waals surface area contributed by atoms with Crippen LogP contribution in [0.2, 0.25) is 0 Å². The number of thiocarbonyl (C=S) groups is 1. The Balaban J connectivity index is 1.78. The molecule has 4 nitrogen and oxygen atoms in total. The fourth-order valence-corrected chi connectivity index (χ4v) is 4.69. The monoisotopic (exact) mass is 487 g/mol. The molecular weight excluding hydrogens is 470 g/mol. The highest BCUT2D eigenvalue weighted by Gasteiger charge is 2.31. The number of hydrogen-bond acceptors (Lipinski definition) is 5. The van der Waals surface area contributed by atoms with Crippen LogP contribution in [-0.4, -0.2) is 35.4 Å². The van der Waals surface area contributed by atoms with E-state index >= 15 is 0 Å². The van der Waals surface area contributed by atoms with Gasteiger partial charge in [0.1, 0.15) is 10.9 Å². The van der Waals surface area contributed by atoms with Gasteiger partial charge in [0, 0.05) is 6.54 Å². The van der Waals surface area contributed by atoms with E-state index in [0.29, 0.717) is 31.7 Å². The van der Waals surface area contributed by atoms with E-state index in [1.165, 1.54) is 17.3 Å². The van der Waals surface area contributed by atoms with Crippen molar-refractivity contribution in [2.45, 2.75) is 6.42 Å². The van der Waals surface area contributed by atoms with Gasteiger partial charge in [0.15, 0.2) is 11.5 Å². The number of carbonyl (C=O) groups excluding carboxylic acids is 1. The molecule has 1 amide bonds. The third-order valence-corrected chi connectivity index (χ3v) is 6.16. The van der Waals surface area contributed by atoms with E-state index in [-0.39, 0.29) is 12.5 Å². The number of methoxy groups -OCH3 is 1. The Bertz CT molecular complexity index is 999. The molecule has 2 aromatic rings. The van der Waals surface area contributed by atoms with Crippen LogP contribution in [0.1, 0.15) is 11.1 Å². The fourth-order valence-electron chi connectivity index (χ4n) is 2.81. The van der Waals surface area contributed by atoms with Gasteiger partial charge in [-0.05, 0) is 51.7 Å². The van der Waals surface area contributed by atoms with Crippen molar-refractivity contribution in [2.24, 2.45) is 0 Å². The molecule has 0 unspecified atom stereocenters. The summed E-state index contributed by atoms with van der Waals surface area (Å²) in [6.07, 6.45) is 7.82. The molecule has 0 atom stereocenters. The number of hydrogen-bond donors (Lipinski definition) is 0. The highest BCUT2D eigenvalue weighted by molar-refractivity contribution is 9.10. The topological polar surface area (TPSA) is 38.8 Å². The second-order valence-corrected chi connectivity index (χ2v) is 8.63. The van der Waals surface area contributed by atoms with Crippen LogP contribution in [0.25, 0.3) is 6.08 Å². The number of carbonyl (C=O) groups is 1. The van der Waals surface area contributed by atoms with Crippen LogP contribution < -0.4 is 9.47 Å². The van der Waals surface area contributed by atoms with Crippen molar-refractivity contribution in [1.29, 1.82) is 0 Å². The van der Waals surface area contributed by atoms with Gasteiger partial charge in [0.05, 0.1) is 16.5 Å². The Kier molecular flexibility index (Phi) is 7.37. The largest absolute Gasteiger partial charge is 0.493 e. The summed E-state index contributed by atoms with van der Waals surface area (Å²) in [5, 5.41) is 0. The normalized spacial score (nSPS) is 14.9. The molecule has 29 heavy (non-hydrogen) atoms. The molecule has 1 saturated heterocycles. The Morgan fingerprint density at radius 3 is 2.76 bits per heavy atom. The SMILES string of the molecule is C#CCOc1c(Br)cc(/C=C2/SC(=S)N(CCc3ccccc3)C2=O)cc1OC. The van der Waals surface area contributed by atoms with E-state index in [2.05, 4.69) is 21.9 Å². The van der Waals surface area contributed by atoms with Gasteiger partial charge >= 0.3 is 0 Å². The van der Waals surface area contributed by atoms with Crippen LogP contribution >= 0.6 is 39.9 Å². The van der Waals surface area contributed by atoms with Gasteiger partial charge in [-0.15, -0.1) is 6.42 Å². The summed E-state index contributed by atoms with van der Waals surface area (Å²) in [5.74, 6) is 3.40. The Morgan fingerprint density at radius 2 is 2.07 bits per heavy atom. The molecular formula is C22H18BrNO3S2. The van der Waals surface area contributed by atoms with E-state index < -0.39 is 0 Å². The van der Waals surface area contributed by atoms with Crippen LogP contribution in [0.15, 0.2) is 51.8 Å². The van der Waals surface area contributed by atoms with Crippen LogP contribution in [0.3, 0.4) is 0 Å². The summed E-state index contributed by atoms with van der Waals surface area (Å²) in [7, 11) is 1.55. The first-order chi connectivity index (χ1) is 14.0. The van der Waals surface area contributed by atoms with Crippen molar-refractivity contribution < 1.29 is 14.3 Å². The molecule has 1 aliphatic rings. The van der Waals surface area contributed by atoms with Gasteiger partial charge in [0.2, 0.25) is 0 Å². The second-order valence-electron chi connectivity index (χ2n) is 6.10. The first-order valence-corrected chi connectivity index (χ1v) is 10.8. The lowest BCUT2D eigenvalue weighted by Crippen LogP contribution is -2.30. The molecule has 0 spiro atoms. The van der Waals surface area contributed by atoms with Gasteiger partial charge in [-0.25, -0.2) is 0 Å². The molecule has 0 bridgehead atoms. The van der Waals surface area contributed by atoms with Crippen molar-refractivity contribution >= 4 is 56.2 Å². The standard InChI is InChI=1S/C22H18BrNO3S2/c1-3-11-27-20-17(23)12-16(13-18(20)26-2)14-19-21(25)24(22(28)29-19)10-9-15-7-5-4-6-8-15/h1,4-8,12-14H,9-11H2,2H3/b19-14+. The number of benzene rings is 2. The molecule has 0 aliphatic carbocycles. The number of amides is 1. The van der Waals surface area contributed by atoms with Gasteiger partial charge in [-0.1, -0.05) is 60.2 Å². The molecule has 0 saturated carbocycles. The van der Waals surface area contributed by atoms with Crippen molar-refractivity contribution in [1.82, 2.24) is 4.90 Å². The van der Waals surface area contributed by atoms with Gasteiger partial charge in [-0.2, -0.15) is 0 Å². The molecule has 1 fully saturated rings. The van der Waals surface area contributed by atoms with Gasteiger partial charge in [-0.3, -0.25) is 9.69 Å². The van der Waals surface area contributed by atoms with E-state index in [1.54, 1.807) is 24.2 Å². The maximum atomic E-state index is 12.8. The predicted octanol–water partition coefficient (Wildman–Crippen LogP) is 4.91. The van der Waals surface area contributed by atoms with E-state index in [0.717, 1.165) is 12.0 Å².